The molecule has 1 aromatic heterocycles. The molecule has 5 aromatic rings. The Morgan fingerprint density at radius 3 is 1.19 bits per heavy atom. The number of aromatic hydroxyl groups is 4. The standard InChI is InChI=1S/C10H14N2.4C7H6O3.Cu/c1-12-7-3-5-10(12)9-4-2-6-11-8-9;4*8-6-4-2-1-3-5(6)7(9)10;/h2,4,6,8,10H,3,5,7H2,1H3;4*1-4,8H,(H,9,10);/p+3/t10-;;;;;/m1...../s1. The van der Waals surface area contributed by atoms with E-state index in [1.54, 1.807) is 48.5 Å². The molecule has 1 radical (unpaired) electrons. The van der Waals surface area contributed by atoms with Crippen LogP contribution >= 0.6 is 0 Å². The van der Waals surface area contributed by atoms with Crippen LogP contribution in [-0.4, -0.2) is 88.2 Å². The van der Waals surface area contributed by atoms with Crippen molar-refractivity contribution in [2.75, 3.05) is 13.6 Å². The van der Waals surface area contributed by atoms with E-state index in [0.717, 1.165) is 0 Å². The van der Waals surface area contributed by atoms with Crippen LogP contribution in [0.3, 0.4) is 0 Å². The van der Waals surface area contributed by atoms with E-state index < -0.39 is 23.9 Å². The van der Waals surface area contributed by atoms with E-state index in [1.807, 2.05) is 18.5 Å². The number of benzene rings is 4. The number of aromatic nitrogens is 1. The average Bonchev–Trinajstić information content (AvgIpc) is 3.56. The molecule has 1 aliphatic heterocycles. The predicted molar refractivity (Wildman–Crippen MR) is 192 cm³/mol. The van der Waals surface area contributed by atoms with Crippen molar-refractivity contribution in [3.8, 4) is 23.0 Å². The van der Waals surface area contributed by atoms with E-state index in [9.17, 15) is 19.2 Å². The van der Waals surface area contributed by atoms with Gasteiger partial charge in [0, 0.05) is 49.9 Å². The van der Waals surface area contributed by atoms with Crippen LogP contribution in [0.1, 0.15) is 65.9 Å². The molecule has 11 N–H and O–H groups in total. The van der Waals surface area contributed by atoms with Gasteiger partial charge >= 0.3 is 23.9 Å². The molecular formula is C38H41CuN2O12+3. The number of rotatable bonds is 5. The Morgan fingerprint density at radius 1 is 0.604 bits per heavy atom. The summed E-state index contributed by atoms with van der Waals surface area (Å²) in [4.78, 5) is 47.9. The van der Waals surface area contributed by atoms with Crippen molar-refractivity contribution >= 4 is 23.9 Å². The van der Waals surface area contributed by atoms with Gasteiger partial charge in [0.15, 0.2) is 16.7 Å². The van der Waals surface area contributed by atoms with Crippen LogP contribution in [0.15, 0.2) is 122 Å². The van der Waals surface area contributed by atoms with Gasteiger partial charge in [-0.2, -0.15) is 0 Å². The van der Waals surface area contributed by atoms with Gasteiger partial charge in [-0.05, 0) is 86.6 Å². The molecule has 14 nitrogen and oxygen atoms in total. The smallest absolute Gasteiger partial charge is 0.552 e. The molecule has 0 unspecified atom stereocenters. The minimum Gasteiger partial charge on any atom is -0.561 e. The summed E-state index contributed by atoms with van der Waals surface area (Å²) in [7, 11) is 2.19. The number of phenols is 4. The Hall–Kier alpha value is -6.41. The van der Waals surface area contributed by atoms with E-state index in [2.05, 4.69) is 23.0 Å². The number of carboxylic acids is 1. The van der Waals surface area contributed by atoms with E-state index in [-0.39, 0.29) is 62.3 Å². The van der Waals surface area contributed by atoms with Crippen LogP contribution in [0.4, 0.5) is 0 Å². The predicted octanol–water partition coefficient (Wildman–Crippen LogP) is 3.71. The van der Waals surface area contributed by atoms with Crippen LogP contribution in [0.5, 0.6) is 23.0 Å². The van der Waals surface area contributed by atoms with Crippen molar-refractivity contribution in [2.45, 2.75) is 18.9 Å². The summed E-state index contributed by atoms with van der Waals surface area (Å²) in [6, 6.07) is 28.5. The molecule has 6 rings (SSSR count). The van der Waals surface area contributed by atoms with Gasteiger partial charge in [-0.25, -0.2) is 4.79 Å². The van der Waals surface area contributed by atoms with Gasteiger partial charge in [-0.15, -0.1) is 0 Å². The number of carbonyl (C=O) groups is 4. The monoisotopic (exact) mass is 780 g/mol. The molecule has 0 amide bonds. The van der Waals surface area contributed by atoms with Crippen LogP contribution in [0.2, 0.25) is 0 Å². The third-order valence-electron chi connectivity index (χ3n) is 7.17. The second kappa shape index (κ2) is 23.1. The molecule has 283 valence electrons. The number of para-hydroxylation sites is 4. The van der Waals surface area contributed by atoms with Crippen molar-refractivity contribution in [1.82, 2.24) is 9.88 Å². The molecule has 15 heteroatoms. The number of hydrogen-bond acceptors (Lipinski definition) is 10. The molecule has 53 heavy (non-hydrogen) atoms. The second-order valence-corrected chi connectivity index (χ2v) is 10.8. The number of aromatic carboxylic acids is 1. The molecule has 1 aliphatic rings. The molecule has 0 bridgehead atoms. The number of carboxylic acid groups (broad SMARTS) is 1. The van der Waals surface area contributed by atoms with Crippen LogP contribution in [0.25, 0.3) is 0 Å². The van der Waals surface area contributed by atoms with Gasteiger partial charge in [0.25, 0.3) is 0 Å². The fourth-order valence-corrected chi connectivity index (χ4v) is 4.56. The first kappa shape index (κ1) is 44.6. The fraction of sp³-hybridized carbons (Fsp3) is 0.132. The topological polar surface area (TPSA) is 254 Å². The Morgan fingerprint density at radius 2 is 0.962 bits per heavy atom. The first-order valence-corrected chi connectivity index (χ1v) is 15.5. The minimum absolute atomic E-state index is 0. The van der Waals surface area contributed by atoms with Gasteiger partial charge in [-0.3, -0.25) is 9.88 Å². The Kier molecular flexibility index (Phi) is 19.5. The maximum absolute atomic E-state index is 10.4. The maximum Gasteiger partial charge on any atom is 0.552 e. The van der Waals surface area contributed by atoms with Gasteiger partial charge in [0.1, 0.15) is 28.6 Å². The first-order valence-electron chi connectivity index (χ1n) is 15.5. The summed E-state index contributed by atoms with van der Waals surface area (Å²) in [5.41, 5.74) is 1.42. The molecular weight excluding hydrogens is 740 g/mol. The SMILES string of the molecule is CN1CCC[C@@H]1c1cccnc1.O=C(O)c1ccccc1O.O=C([OH2+])c1ccccc1O.O=C([OH2+])c1ccccc1O.O=C([OH2+])c1ccccc1O.[Cu]. The third kappa shape index (κ3) is 15.2. The Balaban J connectivity index is 0.000000331. The average molecular weight is 781 g/mol. The van der Waals surface area contributed by atoms with Crippen molar-refractivity contribution in [3.05, 3.63) is 149 Å². The summed E-state index contributed by atoms with van der Waals surface area (Å²) in [5.74, 6) is -4.31. The molecule has 1 atom stereocenters. The zero-order valence-corrected chi connectivity index (χ0v) is 29.3. The molecule has 1 fully saturated rings. The summed E-state index contributed by atoms with van der Waals surface area (Å²) >= 11 is 0. The van der Waals surface area contributed by atoms with Gasteiger partial charge in [0.2, 0.25) is 0 Å². The molecule has 0 spiro atoms. The van der Waals surface area contributed by atoms with Gasteiger partial charge < -0.3 is 40.9 Å². The van der Waals surface area contributed by atoms with E-state index in [0.29, 0.717) is 6.04 Å². The first-order chi connectivity index (χ1) is 24.7. The number of pyridine rings is 1. The Bertz CT molecular complexity index is 1700. The van der Waals surface area contributed by atoms with E-state index in [4.69, 9.17) is 40.9 Å². The van der Waals surface area contributed by atoms with Gasteiger partial charge in [0.05, 0.1) is 0 Å². The van der Waals surface area contributed by atoms with Crippen LogP contribution < -0.4 is 0 Å². The van der Waals surface area contributed by atoms with Crippen LogP contribution in [-0.2, 0) is 17.1 Å². The number of phenolic OH excluding ortho intramolecular Hbond substituents is 3. The van der Waals surface area contributed by atoms with Crippen molar-refractivity contribution in [3.63, 3.8) is 0 Å². The minimum atomic E-state index is -1.11. The number of carbonyl (C=O) groups excluding carboxylic acids is 3. The summed E-state index contributed by atoms with van der Waals surface area (Å²) in [5, 5.41) is 64.1. The summed E-state index contributed by atoms with van der Waals surface area (Å²) in [6.45, 7) is 1.22. The largest absolute Gasteiger partial charge is 0.561 e. The molecule has 0 aliphatic carbocycles. The third-order valence-corrected chi connectivity index (χ3v) is 7.17. The second-order valence-electron chi connectivity index (χ2n) is 10.8. The zero-order valence-electron chi connectivity index (χ0n) is 28.3. The summed E-state index contributed by atoms with van der Waals surface area (Å²) in [6.07, 6.45) is 6.41. The molecule has 4 aromatic carbocycles. The van der Waals surface area contributed by atoms with Crippen molar-refractivity contribution in [1.29, 1.82) is 0 Å². The number of likely N-dealkylation sites (tertiary alicyclic amines) is 1. The summed E-state index contributed by atoms with van der Waals surface area (Å²) < 4.78 is 0. The zero-order chi connectivity index (χ0) is 38.6. The quantitative estimate of drug-likeness (QED) is 0.127. The Labute approximate surface area is 315 Å². The molecule has 0 saturated carbocycles. The van der Waals surface area contributed by atoms with Crippen molar-refractivity contribution < 1.29 is 77.1 Å². The van der Waals surface area contributed by atoms with Crippen molar-refractivity contribution in [2.24, 2.45) is 0 Å². The normalized spacial score (nSPS) is 12.5. The van der Waals surface area contributed by atoms with E-state index >= 15 is 0 Å². The number of nitrogens with zero attached hydrogens (tertiary/aromatic N) is 2. The molecule has 2 heterocycles. The van der Waals surface area contributed by atoms with E-state index in [1.165, 1.54) is 73.5 Å². The van der Waals surface area contributed by atoms with Crippen LogP contribution in [0, 0.1) is 0 Å². The van der Waals surface area contributed by atoms with Gasteiger partial charge in [-0.1, -0.05) is 54.6 Å². The molecule has 1 saturated heterocycles. The number of hydrogen-bond donors (Lipinski definition) is 5. The fourth-order valence-electron chi connectivity index (χ4n) is 4.56. The maximum atomic E-state index is 10.4.